The van der Waals surface area contributed by atoms with Crippen LogP contribution in [-0.4, -0.2) is 48.7 Å². The maximum atomic E-state index is 12.5. The zero-order chi connectivity index (χ0) is 18.7. The summed E-state index contributed by atoms with van der Waals surface area (Å²) in [6, 6.07) is 5.55. The van der Waals surface area contributed by atoms with Crippen molar-refractivity contribution in [3.63, 3.8) is 0 Å². The van der Waals surface area contributed by atoms with E-state index in [4.69, 9.17) is 9.47 Å². The third-order valence-corrected chi connectivity index (χ3v) is 5.61. The van der Waals surface area contributed by atoms with Crippen molar-refractivity contribution in [2.24, 2.45) is 11.3 Å². The van der Waals surface area contributed by atoms with Crippen LogP contribution >= 0.6 is 0 Å². The number of benzene rings is 1. The molecule has 0 unspecified atom stereocenters. The van der Waals surface area contributed by atoms with Gasteiger partial charge in [-0.3, -0.25) is 9.59 Å². The van der Waals surface area contributed by atoms with E-state index in [-0.39, 0.29) is 25.0 Å². The zero-order valence-electron chi connectivity index (χ0n) is 15.1. The number of nitrogens with zero attached hydrogens (tertiary/aromatic N) is 1. The predicted octanol–water partition coefficient (Wildman–Crippen LogP) is 2.52. The van der Waals surface area contributed by atoms with E-state index in [2.05, 4.69) is 6.58 Å². The Labute approximate surface area is 153 Å². The van der Waals surface area contributed by atoms with E-state index in [9.17, 15) is 14.7 Å². The second-order valence-corrected chi connectivity index (χ2v) is 7.09. The van der Waals surface area contributed by atoms with Gasteiger partial charge in [0.2, 0.25) is 0 Å². The summed E-state index contributed by atoms with van der Waals surface area (Å²) < 4.78 is 11.0. The quantitative estimate of drug-likeness (QED) is 0.757. The number of methoxy groups -OCH3 is 1. The molecule has 1 aromatic rings. The van der Waals surface area contributed by atoms with E-state index < -0.39 is 11.4 Å². The average Bonchev–Trinajstić information content (AvgIpc) is 3.19. The van der Waals surface area contributed by atoms with Crippen molar-refractivity contribution in [1.29, 1.82) is 0 Å². The van der Waals surface area contributed by atoms with Crippen LogP contribution in [0.4, 0.5) is 0 Å². The first-order valence-electron chi connectivity index (χ1n) is 8.92. The lowest BCUT2D eigenvalue weighted by atomic mass is 9.81. The Bertz CT molecular complexity index is 716. The van der Waals surface area contributed by atoms with Gasteiger partial charge in [-0.05, 0) is 42.9 Å². The number of carbonyl (C=O) groups is 2. The fourth-order valence-electron chi connectivity index (χ4n) is 4.18. The van der Waals surface area contributed by atoms with E-state index in [1.807, 2.05) is 12.1 Å². The number of aliphatic carboxylic acids is 1. The van der Waals surface area contributed by atoms with Gasteiger partial charge < -0.3 is 19.5 Å². The summed E-state index contributed by atoms with van der Waals surface area (Å²) >= 11 is 0. The molecule has 1 saturated carbocycles. The van der Waals surface area contributed by atoms with Crippen LogP contribution < -0.4 is 9.47 Å². The first kappa shape index (κ1) is 18.3. The van der Waals surface area contributed by atoms with Gasteiger partial charge in [-0.15, -0.1) is 6.58 Å². The van der Waals surface area contributed by atoms with Crippen molar-refractivity contribution >= 4 is 11.9 Å². The van der Waals surface area contributed by atoms with Crippen LogP contribution in [0.15, 0.2) is 30.9 Å². The van der Waals surface area contributed by atoms with Crippen molar-refractivity contribution in [2.75, 3.05) is 26.8 Å². The van der Waals surface area contributed by atoms with Crippen molar-refractivity contribution in [1.82, 2.24) is 4.90 Å². The van der Waals surface area contributed by atoms with Gasteiger partial charge in [0, 0.05) is 13.1 Å². The summed E-state index contributed by atoms with van der Waals surface area (Å²) in [7, 11) is 1.56. The number of likely N-dealkylation sites (tertiary alicyclic amines) is 1. The molecular formula is C20H25NO5. The molecule has 0 aromatic heterocycles. The number of allylic oxidation sites excluding steroid dienone is 1. The van der Waals surface area contributed by atoms with Crippen LogP contribution in [0.1, 0.15) is 24.8 Å². The Morgan fingerprint density at radius 3 is 2.88 bits per heavy atom. The summed E-state index contributed by atoms with van der Waals surface area (Å²) in [4.78, 5) is 25.9. The molecule has 2 fully saturated rings. The molecule has 0 bridgehead atoms. The molecule has 26 heavy (non-hydrogen) atoms. The Kier molecular flexibility index (Phi) is 5.20. The summed E-state index contributed by atoms with van der Waals surface area (Å²) in [5.74, 6) is 0.156. The molecule has 1 aliphatic carbocycles. The number of ether oxygens (including phenoxy) is 2. The number of hydrogen-bond acceptors (Lipinski definition) is 4. The van der Waals surface area contributed by atoms with Crippen LogP contribution in [0.2, 0.25) is 0 Å². The van der Waals surface area contributed by atoms with Gasteiger partial charge in [0.25, 0.3) is 5.91 Å². The summed E-state index contributed by atoms with van der Waals surface area (Å²) in [6.45, 7) is 4.38. The molecule has 0 radical (unpaired) electrons. The molecule has 1 aliphatic heterocycles. The van der Waals surface area contributed by atoms with Crippen LogP contribution in [0, 0.1) is 11.3 Å². The second kappa shape index (κ2) is 7.40. The summed E-state index contributed by atoms with van der Waals surface area (Å²) in [6.07, 6.45) is 4.97. The van der Waals surface area contributed by atoms with Gasteiger partial charge in [-0.25, -0.2) is 0 Å². The number of carbonyl (C=O) groups excluding carboxylic acids is 1. The van der Waals surface area contributed by atoms with Gasteiger partial charge in [0.15, 0.2) is 18.1 Å². The van der Waals surface area contributed by atoms with Gasteiger partial charge in [0.1, 0.15) is 0 Å². The van der Waals surface area contributed by atoms with Crippen molar-refractivity contribution in [2.45, 2.75) is 25.7 Å². The topological polar surface area (TPSA) is 76.1 Å². The maximum absolute atomic E-state index is 12.5. The third kappa shape index (κ3) is 3.28. The van der Waals surface area contributed by atoms with E-state index in [1.54, 1.807) is 24.2 Å². The molecule has 2 atom stereocenters. The smallest absolute Gasteiger partial charge is 0.311 e. The Hall–Kier alpha value is -2.50. The first-order chi connectivity index (χ1) is 12.5. The summed E-state index contributed by atoms with van der Waals surface area (Å²) in [5, 5.41) is 9.63. The molecule has 6 nitrogen and oxygen atoms in total. The standard InChI is InChI=1S/C20H25NO5/c1-3-5-14-7-8-16(17(10-14)25-2)26-12-18(22)21-11-15-6-4-9-20(15,13-21)19(23)24/h3,7-8,10,15H,1,4-6,9,11-13H2,2H3,(H,23,24)/t15-,20+/m0/s1. The molecule has 1 saturated heterocycles. The molecule has 2 aliphatic rings. The van der Waals surface area contributed by atoms with Crippen LogP contribution in [0.25, 0.3) is 0 Å². The predicted molar refractivity (Wildman–Crippen MR) is 96.4 cm³/mol. The highest BCUT2D eigenvalue weighted by Crippen LogP contribution is 2.48. The lowest BCUT2D eigenvalue weighted by Gasteiger charge is -2.23. The molecule has 6 heteroatoms. The monoisotopic (exact) mass is 359 g/mol. The van der Waals surface area contributed by atoms with E-state index >= 15 is 0 Å². The molecular weight excluding hydrogens is 334 g/mol. The lowest BCUT2D eigenvalue weighted by Crippen LogP contribution is -2.38. The van der Waals surface area contributed by atoms with Crippen LogP contribution in [0.5, 0.6) is 11.5 Å². The van der Waals surface area contributed by atoms with Gasteiger partial charge in [-0.1, -0.05) is 18.6 Å². The number of carboxylic acids is 1. The maximum Gasteiger partial charge on any atom is 0.311 e. The second-order valence-electron chi connectivity index (χ2n) is 7.09. The number of amides is 1. The highest BCUT2D eigenvalue weighted by atomic mass is 16.5. The van der Waals surface area contributed by atoms with Crippen molar-refractivity contribution in [3.8, 4) is 11.5 Å². The minimum Gasteiger partial charge on any atom is -0.493 e. The molecule has 140 valence electrons. The summed E-state index contributed by atoms with van der Waals surface area (Å²) in [5.41, 5.74) is 0.283. The molecule has 0 spiro atoms. The molecule has 3 rings (SSSR count). The van der Waals surface area contributed by atoms with Gasteiger partial charge in [0.05, 0.1) is 12.5 Å². The molecule has 1 N–H and O–H groups in total. The van der Waals surface area contributed by atoms with Gasteiger partial charge in [-0.2, -0.15) is 0 Å². The molecule has 1 heterocycles. The highest BCUT2D eigenvalue weighted by molar-refractivity contribution is 5.82. The minimum atomic E-state index is -0.782. The SMILES string of the molecule is C=CCc1ccc(OCC(=O)N2C[C@@H]3CCC[C@@]3(C(=O)O)C2)c(OC)c1. The van der Waals surface area contributed by atoms with E-state index in [1.165, 1.54) is 0 Å². The Morgan fingerprint density at radius 2 is 2.23 bits per heavy atom. The van der Waals surface area contributed by atoms with E-state index in [0.717, 1.165) is 24.8 Å². The average molecular weight is 359 g/mol. The number of fused-ring (bicyclic) bond motifs is 1. The Balaban J connectivity index is 1.63. The minimum absolute atomic E-state index is 0.0525. The fourth-order valence-corrected chi connectivity index (χ4v) is 4.18. The highest BCUT2D eigenvalue weighted by Gasteiger charge is 2.55. The first-order valence-corrected chi connectivity index (χ1v) is 8.92. The van der Waals surface area contributed by atoms with Crippen molar-refractivity contribution in [3.05, 3.63) is 36.4 Å². The van der Waals surface area contributed by atoms with Crippen LogP contribution in [0.3, 0.4) is 0 Å². The number of carboxylic acid groups (broad SMARTS) is 1. The molecule has 1 amide bonds. The van der Waals surface area contributed by atoms with E-state index in [0.29, 0.717) is 24.5 Å². The van der Waals surface area contributed by atoms with Gasteiger partial charge >= 0.3 is 5.97 Å². The normalized spacial score (nSPS) is 24.2. The fraction of sp³-hybridized carbons (Fsp3) is 0.500. The molecule has 1 aromatic carbocycles. The lowest BCUT2D eigenvalue weighted by molar-refractivity contribution is -0.149. The number of rotatable bonds is 7. The zero-order valence-corrected chi connectivity index (χ0v) is 15.1. The Morgan fingerprint density at radius 1 is 1.42 bits per heavy atom. The third-order valence-electron chi connectivity index (χ3n) is 5.61. The largest absolute Gasteiger partial charge is 0.493 e. The van der Waals surface area contributed by atoms with Crippen molar-refractivity contribution < 1.29 is 24.2 Å². The number of hydrogen-bond donors (Lipinski definition) is 1. The van der Waals surface area contributed by atoms with Crippen LogP contribution in [-0.2, 0) is 16.0 Å².